The van der Waals surface area contributed by atoms with Gasteiger partial charge < -0.3 is 4.90 Å². The van der Waals surface area contributed by atoms with Crippen LogP contribution >= 0.6 is 11.3 Å². The van der Waals surface area contributed by atoms with E-state index in [9.17, 15) is 4.79 Å². The van der Waals surface area contributed by atoms with Crippen LogP contribution in [0.4, 0.5) is 0 Å². The number of amides is 1. The molecule has 1 heterocycles. The van der Waals surface area contributed by atoms with E-state index in [2.05, 4.69) is 6.92 Å². The third-order valence-corrected chi connectivity index (χ3v) is 3.43. The Morgan fingerprint density at radius 3 is 2.93 bits per heavy atom. The standard InChI is InChI=1S/C11H15NOS/c1-2-12(9-5-6-9)11(13)8-10-4-3-7-14-10/h3-4,7,9H,2,5-6,8H2,1H3. The third kappa shape index (κ3) is 2.15. The van der Waals surface area contributed by atoms with Gasteiger partial charge in [0.15, 0.2) is 0 Å². The number of nitrogens with zero attached hydrogens (tertiary/aromatic N) is 1. The van der Waals surface area contributed by atoms with E-state index in [1.54, 1.807) is 11.3 Å². The maximum atomic E-state index is 11.9. The number of thiophene rings is 1. The molecule has 0 spiro atoms. The fraction of sp³-hybridized carbons (Fsp3) is 0.545. The summed E-state index contributed by atoms with van der Waals surface area (Å²) in [6.07, 6.45) is 2.98. The Labute approximate surface area is 88.5 Å². The summed E-state index contributed by atoms with van der Waals surface area (Å²) in [5.74, 6) is 0.289. The Morgan fingerprint density at radius 1 is 1.64 bits per heavy atom. The van der Waals surface area contributed by atoms with Gasteiger partial charge in [0.2, 0.25) is 5.91 Å². The molecule has 0 aliphatic heterocycles. The van der Waals surface area contributed by atoms with E-state index in [4.69, 9.17) is 0 Å². The summed E-state index contributed by atoms with van der Waals surface area (Å²) in [5.41, 5.74) is 0. The lowest BCUT2D eigenvalue weighted by atomic mass is 10.3. The molecular formula is C11H15NOS. The van der Waals surface area contributed by atoms with Gasteiger partial charge in [-0.15, -0.1) is 11.3 Å². The van der Waals surface area contributed by atoms with Gasteiger partial charge >= 0.3 is 0 Å². The number of likely N-dealkylation sites (N-methyl/N-ethyl adjacent to an activating group) is 1. The average molecular weight is 209 g/mol. The lowest BCUT2D eigenvalue weighted by molar-refractivity contribution is -0.130. The van der Waals surface area contributed by atoms with Crippen LogP contribution < -0.4 is 0 Å². The van der Waals surface area contributed by atoms with Crippen LogP contribution in [0.25, 0.3) is 0 Å². The Kier molecular flexibility index (Phi) is 2.87. The third-order valence-electron chi connectivity index (χ3n) is 2.55. The molecule has 0 bridgehead atoms. The predicted molar refractivity (Wildman–Crippen MR) is 58.4 cm³/mol. The average Bonchev–Trinajstić information content (AvgIpc) is 2.86. The molecular weight excluding hydrogens is 194 g/mol. The highest BCUT2D eigenvalue weighted by molar-refractivity contribution is 7.10. The Bertz CT molecular complexity index is 303. The normalized spacial score (nSPS) is 15.5. The molecule has 1 fully saturated rings. The van der Waals surface area contributed by atoms with Crippen LogP contribution in [0, 0.1) is 0 Å². The van der Waals surface area contributed by atoms with Crippen molar-refractivity contribution >= 4 is 17.2 Å². The molecule has 0 atom stereocenters. The van der Waals surface area contributed by atoms with E-state index in [-0.39, 0.29) is 5.91 Å². The molecule has 0 aromatic carbocycles. The number of rotatable bonds is 4. The van der Waals surface area contributed by atoms with E-state index < -0.39 is 0 Å². The molecule has 0 radical (unpaired) electrons. The molecule has 1 amide bonds. The minimum Gasteiger partial charge on any atom is -0.340 e. The monoisotopic (exact) mass is 209 g/mol. The Hall–Kier alpha value is -0.830. The lowest BCUT2D eigenvalue weighted by Crippen LogP contribution is -2.33. The number of hydrogen-bond donors (Lipinski definition) is 0. The highest BCUT2D eigenvalue weighted by atomic mass is 32.1. The highest BCUT2D eigenvalue weighted by Crippen LogP contribution is 2.27. The number of carbonyl (C=O) groups is 1. The van der Waals surface area contributed by atoms with Crippen LogP contribution in [0.15, 0.2) is 17.5 Å². The van der Waals surface area contributed by atoms with Crippen molar-refractivity contribution in [2.24, 2.45) is 0 Å². The molecule has 1 aliphatic carbocycles. The van der Waals surface area contributed by atoms with Gasteiger partial charge in [0, 0.05) is 17.5 Å². The SMILES string of the molecule is CCN(C(=O)Cc1cccs1)C1CC1. The molecule has 14 heavy (non-hydrogen) atoms. The highest BCUT2D eigenvalue weighted by Gasteiger charge is 2.31. The first-order chi connectivity index (χ1) is 6.81. The van der Waals surface area contributed by atoms with Crippen molar-refractivity contribution in [2.45, 2.75) is 32.2 Å². The fourth-order valence-corrected chi connectivity index (χ4v) is 2.38. The summed E-state index contributed by atoms with van der Waals surface area (Å²) >= 11 is 1.66. The van der Waals surface area contributed by atoms with Crippen LogP contribution in [0.1, 0.15) is 24.6 Å². The molecule has 2 rings (SSSR count). The molecule has 2 nitrogen and oxygen atoms in total. The molecule has 1 aromatic rings. The summed E-state index contributed by atoms with van der Waals surface area (Å²) in [6, 6.07) is 4.58. The van der Waals surface area contributed by atoms with E-state index in [0.29, 0.717) is 12.5 Å². The van der Waals surface area contributed by atoms with Gasteiger partial charge in [0.25, 0.3) is 0 Å². The molecule has 0 unspecified atom stereocenters. The second kappa shape index (κ2) is 4.13. The summed E-state index contributed by atoms with van der Waals surface area (Å²) in [7, 11) is 0. The molecule has 1 saturated carbocycles. The molecule has 76 valence electrons. The predicted octanol–water partition coefficient (Wildman–Crippen LogP) is 2.30. The van der Waals surface area contributed by atoms with E-state index in [1.165, 1.54) is 17.7 Å². The maximum absolute atomic E-state index is 11.9. The van der Waals surface area contributed by atoms with Gasteiger partial charge in [0.1, 0.15) is 0 Å². The van der Waals surface area contributed by atoms with Crippen molar-refractivity contribution in [1.29, 1.82) is 0 Å². The van der Waals surface area contributed by atoms with Crippen molar-refractivity contribution in [1.82, 2.24) is 4.90 Å². The molecule has 3 heteroatoms. The first-order valence-corrected chi connectivity index (χ1v) is 6.01. The summed E-state index contributed by atoms with van der Waals surface area (Å²) in [6.45, 7) is 2.92. The second-order valence-electron chi connectivity index (χ2n) is 3.67. The summed E-state index contributed by atoms with van der Waals surface area (Å²) in [5, 5.41) is 2.02. The minimum atomic E-state index is 0.289. The summed E-state index contributed by atoms with van der Waals surface area (Å²) in [4.78, 5) is 15.0. The number of carbonyl (C=O) groups excluding carboxylic acids is 1. The maximum Gasteiger partial charge on any atom is 0.228 e. The van der Waals surface area contributed by atoms with Gasteiger partial charge in [-0.05, 0) is 31.2 Å². The first kappa shape index (κ1) is 9.71. The first-order valence-electron chi connectivity index (χ1n) is 5.13. The molecule has 0 N–H and O–H groups in total. The number of hydrogen-bond acceptors (Lipinski definition) is 2. The van der Waals surface area contributed by atoms with E-state index in [1.807, 2.05) is 22.4 Å². The molecule has 1 aliphatic rings. The van der Waals surface area contributed by atoms with Crippen molar-refractivity contribution in [3.05, 3.63) is 22.4 Å². The van der Waals surface area contributed by atoms with Crippen molar-refractivity contribution in [3.63, 3.8) is 0 Å². The van der Waals surface area contributed by atoms with Crippen molar-refractivity contribution in [3.8, 4) is 0 Å². The Balaban J connectivity index is 1.93. The van der Waals surface area contributed by atoms with Crippen LogP contribution in [0.3, 0.4) is 0 Å². The van der Waals surface area contributed by atoms with Gasteiger partial charge in [0.05, 0.1) is 6.42 Å². The summed E-state index contributed by atoms with van der Waals surface area (Å²) < 4.78 is 0. The topological polar surface area (TPSA) is 20.3 Å². The van der Waals surface area contributed by atoms with Crippen LogP contribution in [0.2, 0.25) is 0 Å². The largest absolute Gasteiger partial charge is 0.340 e. The van der Waals surface area contributed by atoms with Crippen molar-refractivity contribution < 1.29 is 4.79 Å². The van der Waals surface area contributed by atoms with Crippen LogP contribution in [0.5, 0.6) is 0 Å². The van der Waals surface area contributed by atoms with E-state index >= 15 is 0 Å². The molecule has 1 aromatic heterocycles. The van der Waals surface area contributed by atoms with Crippen molar-refractivity contribution in [2.75, 3.05) is 6.54 Å². The zero-order valence-electron chi connectivity index (χ0n) is 8.40. The fourth-order valence-electron chi connectivity index (χ4n) is 1.69. The second-order valence-corrected chi connectivity index (χ2v) is 4.70. The minimum absolute atomic E-state index is 0.289. The van der Waals surface area contributed by atoms with Crippen LogP contribution in [-0.4, -0.2) is 23.4 Å². The van der Waals surface area contributed by atoms with E-state index in [0.717, 1.165) is 6.54 Å². The zero-order valence-corrected chi connectivity index (χ0v) is 9.22. The lowest BCUT2D eigenvalue weighted by Gasteiger charge is -2.19. The molecule has 0 saturated heterocycles. The van der Waals surface area contributed by atoms with Gasteiger partial charge in [-0.1, -0.05) is 6.07 Å². The smallest absolute Gasteiger partial charge is 0.228 e. The van der Waals surface area contributed by atoms with Gasteiger partial charge in [-0.3, -0.25) is 4.79 Å². The van der Waals surface area contributed by atoms with Gasteiger partial charge in [-0.25, -0.2) is 0 Å². The van der Waals surface area contributed by atoms with Gasteiger partial charge in [-0.2, -0.15) is 0 Å². The van der Waals surface area contributed by atoms with Crippen LogP contribution in [-0.2, 0) is 11.2 Å². The quantitative estimate of drug-likeness (QED) is 0.745. The Morgan fingerprint density at radius 2 is 2.43 bits per heavy atom. The zero-order chi connectivity index (χ0) is 9.97.